The van der Waals surface area contributed by atoms with Crippen molar-refractivity contribution in [2.45, 2.75) is 0 Å². The van der Waals surface area contributed by atoms with Crippen LogP contribution in [0, 0.1) is 0 Å². The standard InChI is InChI=1S/C7H8N4O2.K/c1-10-5-4(8-3-9-5)6(12)11(2)7(10)13;/h3H,1-2H3,(H,8,9,12);/q;+1/p-1. The van der Waals surface area contributed by atoms with E-state index in [2.05, 4.69) is 9.97 Å². The van der Waals surface area contributed by atoms with Gasteiger partial charge in [-0.05, 0) is 0 Å². The maximum atomic E-state index is 11.4. The van der Waals surface area contributed by atoms with Gasteiger partial charge in [-0.2, -0.15) is 0 Å². The van der Waals surface area contributed by atoms with Gasteiger partial charge in [0.2, 0.25) is 0 Å². The molecule has 0 aromatic carbocycles. The van der Waals surface area contributed by atoms with Crippen molar-refractivity contribution in [2.24, 2.45) is 14.1 Å². The molecule has 68 valence electrons. The average molecular weight is 218 g/mol. The Morgan fingerprint density at radius 3 is 2.57 bits per heavy atom. The number of nitrogens with zero attached hydrogens (tertiary/aromatic N) is 4. The summed E-state index contributed by atoms with van der Waals surface area (Å²) in [4.78, 5) is 30.4. The van der Waals surface area contributed by atoms with Crippen LogP contribution in [0.4, 0.5) is 0 Å². The van der Waals surface area contributed by atoms with Gasteiger partial charge < -0.3 is 9.97 Å². The number of hydrogen-bond acceptors (Lipinski definition) is 3. The zero-order chi connectivity index (χ0) is 9.59. The van der Waals surface area contributed by atoms with Crippen LogP contribution >= 0.6 is 0 Å². The van der Waals surface area contributed by atoms with Gasteiger partial charge in [-0.1, -0.05) is 6.33 Å². The van der Waals surface area contributed by atoms with Gasteiger partial charge in [0.15, 0.2) is 0 Å². The predicted molar refractivity (Wildman–Crippen MR) is 45.5 cm³/mol. The maximum absolute atomic E-state index is 11.4. The van der Waals surface area contributed by atoms with Crippen molar-refractivity contribution in [1.82, 2.24) is 19.1 Å². The Hall–Kier alpha value is -0.214. The SMILES string of the molecule is Cn1c(=O)c2[n-]cnc2n(C)c1=O.[K+]. The zero-order valence-electron chi connectivity index (χ0n) is 8.18. The molecule has 14 heavy (non-hydrogen) atoms. The summed E-state index contributed by atoms with van der Waals surface area (Å²) in [5, 5.41) is 0. The molecule has 0 radical (unpaired) electrons. The molecule has 0 saturated heterocycles. The first-order chi connectivity index (χ1) is 6.13. The first kappa shape index (κ1) is 11.9. The van der Waals surface area contributed by atoms with Gasteiger partial charge in [0, 0.05) is 25.3 Å². The molecule has 7 heteroatoms. The van der Waals surface area contributed by atoms with E-state index in [1.54, 1.807) is 7.05 Å². The van der Waals surface area contributed by atoms with Crippen LogP contribution in [0.3, 0.4) is 0 Å². The average Bonchev–Trinajstić information content (AvgIpc) is 2.59. The van der Waals surface area contributed by atoms with Gasteiger partial charge >= 0.3 is 57.1 Å². The molecular formula is C7H7KN4O2. The largest absolute Gasteiger partial charge is 1.00 e. The van der Waals surface area contributed by atoms with Crippen molar-refractivity contribution < 1.29 is 51.4 Å². The van der Waals surface area contributed by atoms with Crippen molar-refractivity contribution in [3.63, 3.8) is 0 Å². The smallest absolute Gasteiger partial charge is 0.437 e. The van der Waals surface area contributed by atoms with E-state index in [9.17, 15) is 9.59 Å². The van der Waals surface area contributed by atoms with E-state index in [1.807, 2.05) is 0 Å². The van der Waals surface area contributed by atoms with E-state index in [0.29, 0.717) is 5.65 Å². The van der Waals surface area contributed by atoms with E-state index in [1.165, 1.54) is 17.9 Å². The number of hydrogen-bond donors (Lipinski definition) is 0. The van der Waals surface area contributed by atoms with Crippen LogP contribution in [0.15, 0.2) is 15.9 Å². The Morgan fingerprint density at radius 2 is 1.93 bits per heavy atom. The van der Waals surface area contributed by atoms with E-state index >= 15 is 0 Å². The van der Waals surface area contributed by atoms with Crippen LogP contribution in [0.2, 0.25) is 0 Å². The molecule has 0 atom stereocenters. The second-order valence-electron chi connectivity index (χ2n) is 2.75. The molecular weight excluding hydrogens is 211 g/mol. The fourth-order valence-corrected chi connectivity index (χ4v) is 1.22. The molecule has 0 saturated carbocycles. The topological polar surface area (TPSA) is 71.0 Å². The molecule has 0 amide bonds. The summed E-state index contributed by atoms with van der Waals surface area (Å²) in [5.41, 5.74) is -0.244. The molecule has 2 aromatic heterocycles. The van der Waals surface area contributed by atoms with Crippen molar-refractivity contribution in [3.8, 4) is 0 Å². The van der Waals surface area contributed by atoms with Crippen molar-refractivity contribution in [3.05, 3.63) is 27.2 Å². The molecule has 6 nitrogen and oxygen atoms in total. The third-order valence-corrected chi connectivity index (χ3v) is 1.98. The summed E-state index contributed by atoms with van der Waals surface area (Å²) in [7, 11) is 2.97. The quantitative estimate of drug-likeness (QED) is 0.419. The van der Waals surface area contributed by atoms with Crippen LogP contribution in [0.1, 0.15) is 0 Å². The van der Waals surface area contributed by atoms with Crippen LogP contribution in [0.25, 0.3) is 11.2 Å². The number of aryl methyl sites for hydroxylation is 1. The Bertz CT molecular complexity index is 579. The summed E-state index contributed by atoms with van der Waals surface area (Å²) in [6.07, 6.45) is 1.27. The van der Waals surface area contributed by atoms with E-state index in [4.69, 9.17) is 0 Å². The van der Waals surface area contributed by atoms with Crippen LogP contribution < -0.4 is 67.6 Å². The minimum Gasteiger partial charge on any atom is -0.437 e. The van der Waals surface area contributed by atoms with Gasteiger partial charge in [0.1, 0.15) is 0 Å². The third kappa shape index (κ3) is 1.55. The van der Waals surface area contributed by atoms with Crippen molar-refractivity contribution in [1.29, 1.82) is 0 Å². The minimum absolute atomic E-state index is 0. The fraction of sp³-hybridized carbons (Fsp3) is 0.286. The monoisotopic (exact) mass is 218 g/mol. The van der Waals surface area contributed by atoms with Crippen LogP contribution in [0.5, 0.6) is 0 Å². The molecule has 0 fully saturated rings. The summed E-state index contributed by atoms with van der Waals surface area (Å²) in [6.45, 7) is 0. The zero-order valence-corrected chi connectivity index (χ0v) is 11.3. The second kappa shape index (κ2) is 4.11. The predicted octanol–water partition coefficient (Wildman–Crippen LogP) is -4.41. The molecule has 2 heterocycles. The van der Waals surface area contributed by atoms with E-state index in [0.717, 1.165) is 4.57 Å². The molecule has 0 aliphatic carbocycles. The molecule has 2 aromatic rings. The molecule has 0 aliphatic rings. The summed E-state index contributed by atoms with van der Waals surface area (Å²) < 4.78 is 2.31. The summed E-state index contributed by atoms with van der Waals surface area (Å²) in [5.74, 6) is 0. The van der Waals surface area contributed by atoms with Gasteiger partial charge in [-0.3, -0.25) is 13.9 Å². The Labute approximate surface area is 121 Å². The second-order valence-corrected chi connectivity index (χ2v) is 2.75. The Balaban J connectivity index is 0.000000980. The first-order valence-corrected chi connectivity index (χ1v) is 3.66. The number of rotatable bonds is 0. The van der Waals surface area contributed by atoms with E-state index in [-0.39, 0.29) is 56.9 Å². The first-order valence-electron chi connectivity index (χ1n) is 3.66. The number of fused-ring (bicyclic) bond motifs is 1. The summed E-state index contributed by atoms with van der Waals surface area (Å²) >= 11 is 0. The Kier molecular flexibility index (Phi) is 3.48. The van der Waals surface area contributed by atoms with E-state index < -0.39 is 11.2 Å². The van der Waals surface area contributed by atoms with Crippen LogP contribution in [-0.4, -0.2) is 14.1 Å². The maximum Gasteiger partial charge on any atom is 1.00 e. The van der Waals surface area contributed by atoms with Gasteiger partial charge in [-0.15, -0.1) is 0 Å². The molecule has 0 spiro atoms. The van der Waals surface area contributed by atoms with Gasteiger partial charge in [0.25, 0.3) is 5.56 Å². The van der Waals surface area contributed by atoms with Gasteiger partial charge in [-0.25, -0.2) is 4.79 Å². The molecule has 0 bridgehead atoms. The minimum atomic E-state index is -0.407. The van der Waals surface area contributed by atoms with Crippen molar-refractivity contribution in [2.75, 3.05) is 0 Å². The number of imidazole rings is 1. The third-order valence-electron chi connectivity index (χ3n) is 1.98. The number of aromatic nitrogens is 4. The molecule has 0 N–H and O–H groups in total. The molecule has 2 rings (SSSR count). The van der Waals surface area contributed by atoms with Crippen LogP contribution in [-0.2, 0) is 14.1 Å². The normalized spacial score (nSPS) is 10.1. The summed E-state index contributed by atoms with van der Waals surface area (Å²) in [6, 6.07) is 0. The molecule has 0 unspecified atom stereocenters. The Morgan fingerprint density at radius 1 is 1.29 bits per heavy atom. The molecule has 0 aliphatic heterocycles. The fourth-order valence-electron chi connectivity index (χ4n) is 1.22. The van der Waals surface area contributed by atoms with Gasteiger partial charge in [0.05, 0.1) is 0 Å². The van der Waals surface area contributed by atoms with Crippen molar-refractivity contribution >= 4 is 11.2 Å².